The van der Waals surface area contributed by atoms with Crippen molar-refractivity contribution in [3.05, 3.63) is 54.1 Å². The fraction of sp³-hybridized carbons (Fsp3) is 0.500. The van der Waals surface area contributed by atoms with E-state index in [2.05, 4.69) is 62.9 Å². The van der Waals surface area contributed by atoms with Crippen molar-refractivity contribution in [2.24, 2.45) is 13.0 Å². The molecule has 1 fully saturated rings. The second-order valence-electron chi connectivity index (χ2n) is 6.19. The second-order valence-corrected chi connectivity index (χ2v) is 7.37. The zero-order chi connectivity index (χ0) is 14.7. The number of hydrogen-bond donors (Lipinski definition) is 0. The lowest BCUT2D eigenvalue weighted by atomic mass is 9.76. The molecule has 0 amide bonds. The number of aromatic nitrogens is 2. The predicted molar refractivity (Wildman–Crippen MR) is 90.8 cm³/mol. The Morgan fingerprint density at radius 2 is 2.05 bits per heavy atom. The van der Waals surface area contributed by atoms with Crippen molar-refractivity contribution in [1.82, 2.24) is 9.55 Å². The summed E-state index contributed by atoms with van der Waals surface area (Å²) in [6.07, 6.45) is 10.1. The molecule has 1 saturated carbocycles. The second kappa shape index (κ2) is 6.78. The first kappa shape index (κ1) is 14.8. The van der Waals surface area contributed by atoms with Crippen LogP contribution in [0.5, 0.6) is 0 Å². The summed E-state index contributed by atoms with van der Waals surface area (Å²) in [7, 11) is 2.08. The van der Waals surface area contributed by atoms with Crippen molar-refractivity contribution in [3.8, 4) is 0 Å². The van der Waals surface area contributed by atoms with Crippen LogP contribution < -0.4 is 0 Å². The van der Waals surface area contributed by atoms with Gasteiger partial charge in [0.25, 0.3) is 0 Å². The Kier molecular flexibility index (Phi) is 4.79. The predicted octanol–water partition coefficient (Wildman–Crippen LogP) is 4.70. The zero-order valence-electron chi connectivity index (χ0n) is 12.6. The van der Waals surface area contributed by atoms with Crippen LogP contribution in [0.1, 0.15) is 43.0 Å². The summed E-state index contributed by atoms with van der Waals surface area (Å²) in [6, 6.07) is 11.0. The van der Waals surface area contributed by atoms with Gasteiger partial charge < -0.3 is 4.57 Å². The van der Waals surface area contributed by atoms with E-state index in [1.165, 1.54) is 37.1 Å². The molecule has 2 nitrogen and oxygen atoms in total. The van der Waals surface area contributed by atoms with Crippen molar-refractivity contribution in [2.75, 3.05) is 0 Å². The monoisotopic (exact) mass is 346 g/mol. The minimum Gasteiger partial charge on any atom is -0.338 e. The van der Waals surface area contributed by atoms with Gasteiger partial charge >= 0.3 is 0 Å². The van der Waals surface area contributed by atoms with Gasteiger partial charge in [-0.1, -0.05) is 46.3 Å². The average molecular weight is 347 g/mol. The molecule has 3 heteroatoms. The van der Waals surface area contributed by atoms with Gasteiger partial charge in [-0.05, 0) is 43.1 Å². The average Bonchev–Trinajstić information content (AvgIpc) is 2.93. The number of alkyl halides is 1. The molecule has 1 aromatic carbocycles. The lowest BCUT2D eigenvalue weighted by Gasteiger charge is -2.33. The van der Waals surface area contributed by atoms with Gasteiger partial charge in [-0.3, -0.25) is 0 Å². The number of rotatable bonds is 4. The number of benzene rings is 1. The SMILES string of the molecule is Cn1ccnc1CCC1CC(c2ccccc2)CCC1Br. The molecule has 0 spiro atoms. The summed E-state index contributed by atoms with van der Waals surface area (Å²) in [5.41, 5.74) is 1.51. The summed E-state index contributed by atoms with van der Waals surface area (Å²) in [5, 5.41) is 0. The fourth-order valence-electron chi connectivity index (χ4n) is 3.51. The molecule has 0 saturated heterocycles. The molecular formula is C18H23BrN2. The van der Waals surface area contributed by atoms with E-state index in [4.69, 9.17) is 0 Å². The topological polar surface area (TPSA) is 17.8 Å². The molecule has 1 aliphatic carbocycles. The van der Waals surface area contributed by atoms with Gasteiger partial charge in [0.15, 0.2) is 0 Å². The summed E-state index contributed by atoms with van der Waals surface area (Å²) in [5.74, 6) is 2.68. The molecule has 3 rings (SSSR count). The first-order valence-electron chi connectivity index (χ1n) is 7.89. The summed E-state index contributed by atoms with van der Waals surface area (Å²) >= 11 is 3.91. The first-order chi connectivity index (χ1) is 10.2. The molecule has 0 N–H and O–H groups in total. The summed E-state index contributed by atoms with van der Waals surface area (Å²) in [4.78, 5) is 5.11. The van der Waals surface area contributed by atoms with Gasteiger partial charge in [-0.25, -0.2) is 4.98 Å². The molecule has 1 aromatic heterocycles. The molecule has 1 aliphatic rings. The Morgan fingerprint density at radius 1 is 1.24 bits per heavy atom. The number of imidazole rings is 1. The third kappa shape index (κ3) is 3.57. The van der Waals surface area contributed by atoms with Crippen LogP contribution >= 0.6 is 15.9 Å². The maximum absolute atomic E-state index is 4.45. The van der Waals surface area contributed by atoms with E-state index in [0.717, 1.165) is 18.3 Å². The first-order valence-corrected chi connectivity index (χ1v) is 8.81. The molecule has 2 aromatic rings. The lowest BCUT2D eigenvalue weighted by molar-refractivity contribution is 0.318. The molecule has 3 unspecified atom stereocenters. The van der Waals surface area contributed by atoms with E-state index in [9.17, 15) is 0 Å². The molecule has 0 aliphatic heterocycles. The molecule has 1 heterocycles. The number of nitrogens with zero attached hydrogens (tertiary/aromatic N) is 2. The summed E-state index contributed by atoms with van der Waals surface area (Å²) < 4.78 is 2.14. The van der Waals surface area contributed by atoms with Gasteiger partial charge in [-0.2, -0.15) is 0 Å². The third-order valence-corrected chi connectivity index (χ3v) is 6.03. The Hall–Kier alpha value is -1.09. The van der Waals surface area contributed by atoms with Crippen molar-refractivity contribution in [3.63, 3.8) is 0 Å². The number of hydrogen-bond acceptors (Lipinski definition) is 1. The smallest absolute Gasteiger partial charge is 0.108 e. The molecule has 112 valence electrons. The standard InChI is InChI=1S/C18H23BrN2/c1-21-12-11-20-18(21)10-8-16-13-15(7-9-17(16)19)14-5-3-2-4-6-14/h2-6,11-12,15-17H,7-10,13H2,1H3. The van der Waals surface area contributed by atoms with Gasteiger partial charge in [0.2, 0.25) is 0 Å². The van der Waals surface area contributed by atoms with Crippen LogP contribution in [0.25, 0.3) is 0 Å². The lowest BCUT2D eigenvalue weighted by Crippen LogP contribution is -2.25. The Morgan fingerprint density at radius 3 is 2.76 bits per heavy atom. The van der Waals surface area contributed by atoms with Crippen LogP contribution in [0.3, 0.4) is 0 Å². The van der Waals surface area contributed by atoms with Crippen LogP contribution in [-0.4, -0.2) is 14.4 Å². The van der Waals surface area contributed by atoms with Gasteiger partial charge in [-0.15, -0.1) is 0 Å². The van der Waals surface area contributed by atoms with Crippen LogP contribution in [-0.2, 0) is 13.5 Å². The highest BCUT2D eigenvalue weighted by Crippen LogP contribution is 2.41. The summed E-state index contributed by atoms with van der Waals surface area (Å²) in [6.45, 7) is 0. The number of aryl methyl sites for hydroxylation is 2. The van der Waals surface area contributed by atoms with E-state index in [-0.39, 0.29) is 0 Å². The molecule has 21 heavy (non-hydrogen) atoms. The molecular weight excluding hydrogens is 324 g/mol. The van der Waals surface area contributed by atoms with Crippen molar-refractivity contribution in [1.29, 1.82) is 0 Å². The van der Waals surface area contributed by atoms with E-state index in [1.807, 2.05) is 12.4 Å². The van der Waals surface area contributed by atoms with E-state index < -0.39 is 0 Å². The van der Waals surface area contributed by atoms with Gasteiger partial charge in [0, 0.05) is 30.7 Å². The maximum Gasteiger partial charge on any atom is 0.108 e. The highest BCUT2D eigenvalue weighted by molar-refractivity contribution is 9.09. The zero-order valence-corrected chi connectivity index (χ0v) is 14.2. The van der Waals surface area contributed by atoms with Crippen molar-refractivity contribution in [2.45, 2.75) is 42.8 Å². The number of halogens is 1. The quantitative estimate of drug-likeness (QED) is 0.733. The normalized spacial score (nSPS) is 25.9. The maximum atomic E-state index is 4.45. The molecule has 0 radical (unpaired) electrons. The highest BCUT2D eigenvalue weighted by atomic mass is 79.9. The van der Waals surface area contributed by atoms with E-state index in [1.54, 1.807) is 0 Å². The minimum atomic E-state index is 0.665. The van der Waals surface area contributed by atoms with Crippen LogP contribution in [0.2, 0.25) is 0 Å². The van der Waals surface area contributed by atoms with Crippen molar-refractivity contribution >= 4 is 15.9 Å². The molecule has 3 atom stereocenters. The fourth-order valence-corrected chi connectivity index (χ4v) is 4.25. The van der Waals surface area contributed by atoms with E-state index >= 15 is 0 Å². The van der Waals surface area contributed by atoms with Crippen LogP contribution in [0.4, 0.5) is 0 Å². The van der Waals surface area contributed by atoms with Gasteiger partial charge in [0.1, 0.15) is 5.82 Å². The van der Waals surface area contributed by atoms with Crippen LogP contribution in [0, 0.1) is 5.92 Å². The van der Waals surface area contributed by atoms with E-state index in [0.29, 0.717) is 4.83 Å². The Labute approximate surface area is 135 Å². The minimum absolute atomic E-state index is 0.665. The van der Waals surface area contributed by atoms with Crippen molar-refractivity contribution < 1.29 is 0 Å². The Bertz CT molecular complexity index is 564. The molecule has 0 bridgehead atoms. The van der Waals surface area contributed by atoms with Crippen LogP contribution in [0.15, 0.2) is 42.7 Å². The largest absolute Gasteiger partial charge is 0.338 e. The third-order valence-electron chi connectivity index (χ3n) is 4.82. The Balaban J connectivity index is 1.62. The highest BCUT2D eigenvalue weighted by Gasteiger charge is 2.29. The van der Waals surface area contributed by atoms with Gasteiger partial charge in [0.05, 0.1) is 0 Å².